The van der Waals surface area contributed by atoms with Crippen molar-refractivity contribution in [3.05, 3.63) is 60.7 Å². The standard InChI is InChI=1S/C9H10.C4H5N/c1-2-6-9-7-4-3-5-8-9;1-4(2)3-5/h2-5,7-8H,1,6H2;1H2,2H3. The Bertz CT molecular complexity index is 317. The molecule has 1 nitrogen and oxygen atoms in total. The molecule has 0 radical (unpaired) electrons. The first kappa shape index (κ1) is 12.2. The fourth-order valence-electron chi connectivity index (χ4n) is 0.781. The fourth-order valence-corrected chi connectivity index (χ4v) is 0.781. The number of nitrogens with zero attached hydrogens (tertiary/aromatic N) is 1. The molecule has 0 aromatic heterocycles. The molecule has 1 rings (SSSR count). The summed E-state index contributed by atoms with van der Waals surface area (Å²) in [6, 6.07) is 12.1. The predicted octanol–water partition coefficient (Wildman–Crippen LogP) is 3.50. The van der Waals surface area contributed by atoms with Gasteiger partial charge in [-0.3, -0.25) is 0 Å². The van der Waals surface area contributed by atoms with E-state index in [4.69, 9.17) is 5.26 Å². The maximum Gasteiger partial charge on any atom is 0.0937 e. The highest BCUT2D eigenvalue weighted by molar-refractivity contribution is 5.16. The van der Waals surface area contributed by atoms with Gasteiger partial charge in [-0.2, -0.15) is 5.26 Å². The Kier molecular flexibility index (Phi) is 6.81. The molecule has 1 aromatic carbocycles. The van der Waals surface area contributed by atoms with E-state index < -0.39 is 0 Å². The van der Waals surface area contributed by atoms with Crippen molar-refractivity contribution in [1.82, 2.24) is 0 Å². The molecule has 0 bridgehead atoms. The quantitative estimate of drug-likeness (QED) is 0.511. The second-order valence-corrected chi connectivity index (χ2v) is 2.87. The monoisotopic (exact) mass is 185 g/mol. The molecule has 0 aliphatic rings. The van der Waals surface area contributed by atoms with E-state index in [1.54, 1.807) is 6.92 Å². The first-order valence-corrected chi connectivity index (χ1v) is 4.41. The third-order valence-electron chi connectivity index (χ3n) is 1.41. The molecule has 0 fully saturated rings. The zero-order valence-corrected chi connectivity index (χ0v) is 8.53. The molecule has 0 spiro atoms. The van der Waals surface area contributed by atoms with Gasteiger partial charge in [0.15, 0.2) is 0 Å². The number of hydrogen-bond donors (Lipinski definition) is 0. The lowest BCUT2D eigenvalue weighted by Crippen LogP contribution is -1.75. The van der Waals surface area contributed by atoms with Crippen LogP contribution in [0, 0.1) is 11.3 Å². The van der Waals surface area contributed by atoms with Crippen LogP contribution in [0.2, 0.25) is 0 Å². The molecule has 0 aliphatic carbocycles. The molecule has 0 aliphatic heterocycles. The van der Waals surface area contributed by atoms with Crippen molar-refractivity contribution < 1.29 is 0 Å². The molecular weight excluding hydrogens is 170 g/mol. The Morgan fingerprint density at radius 2 is 1.93 bits per heavy atom. The van der Waals surface area contributed by atoms with E-state index in [0.29, 0.717) is 5.57 Å². The lowest BCUT2D eigenvalue weighted by Gasteiger charge is -1.91. The topological polar surface area (TPSA) is 23.8 Å². The van der Waals surface area contributed by atoms with Crippen molar-refractivity contribution in [2.24, 2.45) is 0 Å². The third-order valence-corrected chi connectivity index (χ3v) is 1.41. The summed E-state index contributed by atoms with van der Waals surface area (Å²) in [6.07, 6.45) is 2.89. The van der Waals surface area contributed by atoms with E-state index in [9.17, 15) is 0 Å². The van der Waals surface area contributed by atoms with Gasteiger partial charge in [-0.1, -0.05) is 43.0 Å². The van der Waals surface area contributed by atoms with Gasteiger partial charge in [0.2, 0.25) is 0 Å². The minimum atomic E-state index is 0.560. The minimum absolute atomic E-state index is 0.560. The third kappa shape index (κ3) is 6.87. The van der Waals surface area contributed by atoms with Crippen LogP contribution in [0.4, 0.5) is 0 Å². The number of allylic oxidation sites excluding steroid dienone is 2. The molecule has 0 atom stereocenters. The highest BCUT2D eigenvalue weighted by Crippen LogP contribution is 1.98. The first-order chi connectivity index (χ1) is 6.70. The SMILES string of the molecule is C=C(C)C#N.C=CCc1ccccc1. The van der Waals surface area contributed by atoms with Crippen LogP contribution >= 0.6 is 0 Å². The van der Waals surface area contributed by atoms with Gasteiger partial charge in [0.25, 0.3) is 0 Å². The molecule has 0 heterocycles. The zero-order chi connectivity index (χ0) is 10.8. The van der Waals surface area contributed by atoms with Gasteiger partial charge in [0, 0.05) is 5.57 Å². The van der Waals surface area contributed by atoms with Crippen molar-refractivity contribution in [2.75, 3.05) is 0 Å². The second-order valence-electron chi connectivity index (χ2n) is 2.87. The average Bonchev–Trinajstić information content (AvgIpc) is 2.21. The second kappa shape index (κ2) is 7.82. The Morgan fingerprint density at radius 1 is 1.43 bits per heavy atom. The Morgan fingerprint density at radius 3 is 2.29 bits per heavy atom. The van der Waals surface area contributed by atoms with Crippen LogP contribution in [-0.4, -0.2) is 0 Å². The molecule has 1 heteroatoms. The number of benzene rings is 1. The Balaban J connectivity index is 0.000000292. The van der Waals surface area contributed by atoms with Gasteiger partial charge < -0.3 is 0 Å². The molecule has 0 amide bonds. The lowest BCUT2D eigenvalue weighted by atomic mass is 10.2. The normalized spacial score (nSPS) is 7.71. The van der Waals surface area contributed by atoms with Gasteiger partial charge >= 0.3 is 0 Å². The summed E-state index contributed by atoms with van der Waals surface area (Å²) in [4.78, 5) is 0. The maximum absolute atomic E-state index is 7.79. The molecule has 1 aromatic rings. The highest BCUT2D eigenvalue weighted by Gasteiger charge is 1.82. The van der Waals surface area contributed by atoms with Crippen LogP contribution in [-0.2, 0) is 6.42 Å². The summed E-state index contributed by atoms with van der Waals surface area (Å²) in [7, 11) is 0. The van der Waals surface area contributed by atoms with Gasteiger partial charge in [0.1, 0.15) is 0 Å². The predicted molar refractivity (Wildman–Crippen MR) is 60.8 cm³/mol. The summed E-state index contributed by atoms with van der Waals surface area (Å²) < 4.78 is 0. The summed E-state index contributed by atoms with van der Waals surface area (Å²) in [6.45, 7) is 8.64. The highest BCUT2D eigenvalue weighted by atomic mass is 14.2. The first-order valence-electron chi connectivity index (χ1n) is 4.41. The van der Waals surface area contributed by atoms with E-state index in [1.165, 1.54) is 5.56 Å². The van der Waals surface area contributed by atoms with E-state index in [0.717, 1.165) is 6.42 Å². The summed E-state index contributed by atoms with van der Waals surface area (Å²) in [5, 5.41) is 7.79. The minimum Gasteiger partial charge on any atom is -0.193 e. The fraction of sp³-hybridized carbons (Fsp3) is 0.154. The number of nitriles is 1. The van der Waals surface area contributed by atoms with Crippen molar-refractivity contribution in [2.45, 2.75) is 13.3 Å². The van der Waals surface area contributed by atoms with Gasteiger partial charge in [-0.15, -0.1) is 6.58 Å². The average molecular weight is 185 g/mol. The summed E-state index contributed by atoms with van der Waals surface area (Å²) in [5.41, 5.74) is 1.89. The number of rotatable bonds is 2. The van der Waals surface area contributed by atoms with Crippen LogP contribution in [0.25, 0.3) is 0 Å². The molecule has 72 valence electrons. The largest absolute Gasteiger partial charge is 0.193 e. The molecule has 0 N–H and O–H groups in total. The Hall–Kier alpha value is -1.81. The van der Waals surface area contributed by atoms with Crippen molar-refractivity contribution in [1.29, 1.82) is 5.26 Å². The van der Waals surface area contributed by atoms with Crippen LogP contribution < -0.4 is 0 Å². The van der Waals surface area contributed by atoms with E-state index in [-0.39, 0.29) is 0 Å². The van der Waals surface area contributed by atoms with Crippen molar-refractivity contribution in [3.63, 3.8) is 0 Å². The lowest BCUT2D eigenvalue weighted by molar-refractivity contribution is 1.28. The molecule has 0 unspecified atom stereocenters. The molecule has 0 saturated heterocycles. The zero-order valence-electron chi connectivity index (χ0n) is 8.53. The van der Waals surface area contributed by atoms with Crippen LogP contribution in [0.5, 0.6) is 0 Å². The van der Waals surface area contributed by atoms with Crippen LogP contribution in [0.3, 0.4) is 0 Å². The smallest absolute Gasteiger partial charge is 0.0937 e. The van der Waals surface area contributed by atoms with Crippen LogP contribution in [0.1, 0.15) is 12.5 Å². The van der Waals surface area contributed by atoms with E-state index >= 15 is 0 Å². The molecule has 14 heavy (non-hydrogen) atoms. The Labute approximate surface area is 86.0 Å². The van der Waals surface area contributed by atoms with Crippen molar-refractivity contribution in [3.8, 4) is 6.07 Å². The molecular formula is C13H15N. The van der Waals surface area contributed by atoms with Crippen LogP contribution in [0.15, 0.2) is 55.1 Å². The van der Waals surface area contributed by atoms with Gasteiger partial charge in [-0.25, -0.2) is 0 Å². The van der Waals surface area contributed by atoms with Gasteiger partial charge in [-0.05, 0) is 18.9 Å². The maximum atomic E-state index is 7.79. The summed E-state index contributed by atoms with van der Waals surface area (Å²) in [5.74, 6) is 0. The number of hydrogen-bond acceptors (Lipinski definition) is 1. The van der Waals surface area contributed by atoms with Crippen molar-refractivity contribution >= 4 is 0 Å². The summed E-state index contributed by atoms with van der Waals surface area (Å²) >= 11 is 0. The van der Waals surface area contributed by atoms with Gasteiger partial charge in [0.05, 0.1) is 6.07 Å². The molecule has 0 saturated carbocycles. The van der Waals surface area contributed by atoms with E-state index in [2.05, 4.69) is 25.3 Å². The van der Waals surface area contributed by atoms with E-state index in [1.807, 2.05) is 30.3 Å².